The lowest BCUT2D eigenvalue weighted by atomic mass is 10.2. The molecule has 4 aromatic rings. The lowest BCUT2D eigenvalue weighted by Crippen LogP contribution is -1.99. The summed E-state index contributed by atoms with van der Waals surface area (Å²) in [5.74, 6) is 0. The number of aromatic nitrogens is 2. The molecule has 0 atom stereocenters. The molecule has 2 aromatic carbocycles. The minimum absolute atomic E-state index is 0.512. The van der Waals surface area contributed by atoms with Crippen LogP contribution in [-0.2, 0) is 0 Å². The van der Waals surface area contributed by atoms with Gasteiger partial charge >= 0.3 is 0 Å². The van der Waals surface area contributed by atoms with Crippen LogP contribution in [0.15, 0.2) is 57.8 Å². The predicted octanol–water partition coefficient (Wildman–Crippen LogP) is 7.67. The molecule has 0 aliphatic carbocycles. The van der Waals surface area contributed by atoms with E-state index in [2.05, 4.69) is 21.7 Å². The van der Waals surface area contributed by atoms with Gasteiger partial charge in [-0.1, -0.05) is 35.3 Å². The zero-order chi connectivity index (χ0) is 20.5. The molecule has 0 N–H and O–H groups in total. The van der Waals surface area contributed by atoms with Crippen LogP contribution in [0.5, 0.6) is 0 Å². The minimum atomic E-state index is 0.512. The number of nitrogens with zero attached hydrogens (tertiary/aromatic N) is 3. The van der Waals surface area contributed by atoms with Gasteiger partial charge in [0.2, 0.25) is 0 Å². The van der Waals surface area contributed by atoms with Crippen LogP contribution in [0, 0.1) is 25.2 Å². The van der Waals surface area contributed by atoms with Gasteiger partial charge in [0.05, 0.1) is 25.2 Å². The Morgan fingerprint density at radius 1 is 1.14 bits per heavy atom. The van der Waals surface area contributed by atoms with Crippen LogP contribution in [0.25, 0.3) is 22.0 Å². The monoisotopic (exact) mass is 455 g/mol. The van der Waals surface area contributed by atoms with Crippen molar-refractivity contribution < 1.29 is 0 Å². The Hall–Kier alpha value is -2.23. The topological polar surface area (TPSA) is 41.6 Å². The van der Waals surface area contributed by atoms with E-state index < -0.39 is 0 Å². The van der Waals surface area contributed by atoms with E-state index >= 15 is 0 Å². The number of rotatable bonds is 4. The van der Waals surface area contributed by atoms with E-state index in [1.165, 1.54) is 11.8 Å². The molecule has 0 radical (unpaired) electrons. The molecular formula is C22H15Cl2N3S2. The third-order valence-corrected chi connectivity index (χ3v) is 7.27. The van der Waals surface area contributed by atoms with Crippen molar-refractivity contribution in [1.82, 2.24) is 9.55 Å². The molecular weight excluding hydrogens is 441 g/mol. The van der Waals surface area contributed by atoms with Crippen LogP contribution in [0.1, 0.15) is 17.0 Å². The Kier molecular flexibility index (Phi) is 5.71. The standard InChI is InChI=1S/C22H15Cl2N3S2/c1-13-9-15(14(2)27(13)16-7-8-18(23)19(24)11-16)10-17(12-25)28-22-26-20-5-3-4-6-21(20)29-22/h3-11H,1-2H3. The fourth-order valence-electron chi connectivity index (χ4n) is 3.17. The first-order valence-corrected chi connectivity index (χ1v) is 11.1. The van der Waals surface area contributed by atoms with E-state index in [9.17, 15) is 5.26 Å². The van der Waals surface area contributed by atoms with Crippen molar-refractivity contribution in [2.24, 2.45) is 0 Å². The summed E-state index contributed by atoms with van der Waals surface area (Å²) in [4.78, 5) is 5.21. The van der Waals surface area contributed by atoms with Crippen LogP contribution in [-0.4, -0.2) is 9.55 Å². The van der Waals surface area contributed by atoms with Crippen molar-refractivity contribution in [2.45, 2.75) is 18.2 Å². The van der Waals surface area contributed by atoms with Crippen LogP contribution in [0.4, 0.5) is 0 Å². The maximum Gasteiger partial charge on any atom is 0.156 e. The summed E-state index contributed by atoms with van der Waals surface area (Å²) < 4.78 is 4.08. The number of hydrogen-bond acceptors (Lipinski definition) is 4. The average molecular weight is 456 g/mol. The first-order valence-electron chi connectivity index (χ1n) is 8.76. The zero-order valence-corrected chi connectivity index (χ0v) is 18.8. The summed E-state index contributed by atoms with van der Waals surface area (Å²) in [6, 6.07) is 17.9. The van der Waals surface area contributed by atoms with Crippen LogP contribution in [0.3, 0.4) is 0 Å². The highest BCUT2D eigenvalue weighted by Gasteiger charge is 2.13. The second kappa shape index (κ2) is 8.25. The normalized spacial score (nSPS) is 11.8. The van der Waals surface area contributed by atoms with Crippen LogP contribution < -0.4 is 0 Å². The van der Waals surface area contributed by atoms with Gasteiger partial charge in [-0.05, 0) is 73.6 Å². The van der Waals surface area contributed by atoms with E-state index in [1.54, 1.807) is 17.4 Å². The van der Waals surface area contributed by atoms with Gasteiger partial charge in [0, 0.05) is 17.1 Å². The molecule has 0 saturated heterocycles. The largest absolute Gasteiger partial charge is 0.318 e. The Bertz CT molecular complexity index is 1260. The summed E-state index contributed by atoms with van der Waals surface area (Å²) in [7, 11) is 0. The van der Waals surface area contributed by atoms with Gasteiger partial charge in [-0.25, -0.2) is 4.98 Å². The van der Waals surface area contributed by atoms with Gasteiger partial charge in [-0.15, -0.1) is 11.3 Å². The molecule has 0 fully saturated rings. The van der Waals surface area contributed by atoms with Gasteiger partial charge in [0.15, 0.2) is 4.34 Å². The summed E-state index contributed by atoms with van der Waals surface area (Å²) in [5.41, 5.74) is 4.95. The molecule has 0 bridgehead atoms. The molecule has 2 heterocycles. The van der Waals surface area contributed by atoms with E-state index in [1.807, 2.05) is 56.3 Å². The Morgan fingerprint density at radius 2 is 1.93 bits per heavy atom. The third-order valence-electron chi connectivity index (χ3n) is 4.50. The van der Waals surface area contributed by atoms with Crippen LogP contribution in [0.2, 0.25) is 10.0 Å². The van der Waals surface area contributed by atoms with E-state index in [-0.39, 0.29) is 0 Å². The van der Waals surface area contributed by atoms with Crippen molar-refractivity contribution in [1.29, 1.82) is 5.26 Å². The predicted molar refractivity (Wildman–Crippen MR) is 124 cm³/mol. The average Bonchev–Trinajstić information content (AvgIpc) is 3.23. The highest BCUT2D eigenvalue weighted by atomic mass is 35.5. The lowest BCUT2D eigenvalue weighted by Gasteiger charge is -2.10. The number of allylic oxidation sites excluding steroid dienone is 1. The summed E-state index contributed by atoms with van der Waals surface area (Å²) in [5, 5.41) is 10.7. The number of aryl methyl sites for hydroxylation is 1. The number of thiazole rings is 1. The molecule has 0 amide bonds. The second-order valence-electron chi connectivity index (χ2n) is 6.43. The number of fused-ring (bicyclic) bond motifs is 1. The van der Waals surface area contributed by atoms with Gasteiger partial charge in [-0.2, -0.15) is 5.26 Å². The number of hydrogen-bond donors (Lipinski definition) is 0. The molecule has 0 aliphatic rings. The van der Waals surface area contributed by atoms with Crippen LogP contribution >= 0.6 is 46.3 Å². The third kappa shape index (κ3) is 4.08. The number of thioether (sulfide) groups is 1. The number of para-hydroxylation sites is 1. The number of nitriles is 1. The maximum absolute atomic E-state index is 9.67. The SMILES string of the molecule is Cc1cc(C=C(C#N)Sc2nc3ccccc3s2)c(C)n1-c1ccc(Cl)c(Cl)c1. The van der Waals surface area contributed by atoms with Gasteiger partial charge < -0.3 is 4.57 Å². The van der Waals surface area contributed by atoms with Gasteiger partial charge in [-0.3, -0.25) is 0 Å². The molecule has 0 unspecified atom stereocenters. The van der Waals surface area contributed by atoms with Gasteiger partial charge in [0.1, 0.15) is 6.07 Å². The molecule has 29 heavy (non-hydrogen) atoms. The lowest BCUT2D eigenvalue weighted by molar-refractivity contribution is 0.964. The van der Waals surface area contributed by atoms with Crippen molar-refractivity contribution >= 4 is 62.6 Å². The molecule has 144 valence electrons. The summed E-state index contributed by atoms with van der Waals surface area (Å²) in [6.45, 7) is 4.05. The fraction of sp³-hybridized carbons (Fsp3) is 0.0909. The van der Waals surface area contributed by atoms with E-state index in [0.29, 0.717) is 15.0 Å². The fourth-order valence-corrected chi connectivity index (χ4v) is 5.43. The Labute approximate surface area is 187 Å². The molecule has 7 heteroatoms. The smallest absolute Gasteiger partial charge is 0.156 e. The second-order valence-corrected chi connectivity index (χ2v) is 9.56. The van der Waals surface area contributed by atoms with E-state index in [0.717, 1.165) is 37.2 Å². The Morgan fingerprint density at radius 3 is 2.66 bits per heavy atom. The number of benzene rings is 2. The van der Waals surface area contributed by atoms with E-state index in [4.69, 9.17) is 23.2 Å². The Balaban J connectivity index is 1.69. The quantitative estimate of drug-likeness (QED) is 0.234. The number of halogens is 2. The molecule has 2 aromatic heterocycles. The molecule has 4 rings (SSSR count). The molecule has 0 saturated carbocycles. The van der Waals surface area contributed by atoms with Crippen molar-refractivity contribution in [3.63, 3.8) is 0 Å². The maximum atomic E-state index is 9.67. The highest BCUT2D eigenvalue weighted by Crippen LogP contribution is 2.35. The first-order chi connectivity index (χ1) is 14.0. The minimum Gasteiger partial charge on any atom is -0.318 e. The van der Waals surface area contributed by atoms with Crippen molar-refractivity contribution in [3.8, 4) is 11.8 Å². The zero-order valence-electron chi connectivity index (χ0n) is 15.6. The summed E-state index contributed by atoms with van der Waals surface area (Å²) in [6.07, 6.45) is 1.91. The molecule has 3 nitrogen and oxygen atoms in total. The van der Waals surface area contributed by atoms with Crippen molar-refractivity contribution in [3.05, 3.63) is 80.4 Å². The molecule has 0 aliphatic heterocycles. The van der Waals surface area contributed by atoms with Crippen molar-refractivity contribution in [2.75, 3.05) is 0 Å². The first kappa shape index (κ1) is 20.1. The highest BCUT2D eigenvalue weighted by molar-refractivity contribution is 8.05. The molecule has 0 spiro atoms. The summed E-state index contributed by atoms with van der Waals surface area (Å²) >= 11 is 15.2. The van der Waals surface area contributed by atoms with Gasteiger partial charge in [0.25, 0.3) is 0 Å².